The van der Waals surface area contributed by atoms with Crippen LogP contribution in [0.1, 0.15) is 0 Å². The van der Waals surface area contributed by atoms with Crippen molar-refractivity contribution in [3.05, 3.63) is 58.1 Å². The highest BCUT2D eigenvalue weighted by Crippen LogP contribution is 2.28. The van der Waals surface area contributed by atoms with E-state index in [9.17, 15) is 18.4 Å². The summed E-state index contributed by atoms with van der Waals surface area (Å²) in [5.41, 5.74) is 0. The van der Waals surface area contributed by atoms with Gasteiger partial charge in [-0.25, -0.2) is 18.4 Å². The molecule has 0 heterocycles. The second-order valence-corrected chi connectivity index (χ2v) is 5.36. The van der Waals surface area contributed by atoms with Crippen LogP contribution in [0.2, 0.25) is 10.0 Å². The number of ether oxygens (including phenoxy) is 3. The van der Waals surface area contributed by atoms with Gasteiger partial charge in [0.1, 0.15) is 13.2 Å². The molecule has 2 rings (SSSR count). The minimum Gasteiger partial charge on any atom is -0.420 e. The lowest BCUT2D eigenvalue weighted by Gasteiger charge is -2.09. The molecule has 2 aromatic rings. The highest BCUT2D eigenvalue weighted by molar-refractivity contribution is 6.32. The molecule has 132 valence electrons. The van der Waals surface area contributed by atoms with Crippen LogP contribution < -0.4 is 9.47 Å². The van der Waals surface area contributed by atoms with Crippen molar-refractivity contribution in [3.63, 3.8) is 0 Å². The van der Waals surface area contributed by atoms with Crippen LogP contribution in [0, 0.1) is 11.6 Å². The fourth-order valence-electron chi connectivity index (χ4n) is 1.66. The Balaban J connectivity index is 1.82. The van der Waals surface area contributed by atoms with Crippen LogP contribution in [-0.4, -0.2) is 25.2 Å². The van der Waals surface area contributed by atoms with Crippen LogP contribution in [0.5, 0.6) is 11.5 Å². The van der Waals surface area contributed by atoms with Gasteiger partial charge < -0.3 is 14.2 Å². The molecule has 0 bridgehead atoms. The molecule has 0 amide bonds. The average Bonchev–Trinajstić information content (AvgIpc) is 2.55. The minimum atomic E-state index is -0.983. The van der Waals surface area contributed by atoms with Crippen molar-refractivity contribution >= 4 is 35.1 Å². The van der Waals surface area contributed by atoms with E-state index in [-0.39, 0.29) is 10.0 Å². The van der Waals surface area contributed by atoms with Crippen LogP contribution in [-0.2, 0) is 14.3 Å². The molecule has 0 saturated carbocycles. The van der Waals surface area contributed by atoms with Gasteiger partial charge in [-0.15, -0.1) is 0 Å². The van der Waals surface area contributed by atoms with Crippen LogP contribution in [0.3, 0.4) is 0 Å². The Kier molecular flexibility index (Phi) is 6.69. The first-order valence-corrected chi connectivity index (χ1v) is 7.51. The normalized spacial score (nSPS) is 10.4. The molecule has 0 N–H and O–H groups in total. The topological polar surface area (TPSA) is 61.8 Å². The van der Waals surface area contributed by atoms with Crippen molar-refractivity contribution in [2.24, 2.45) is 0 Å². The summed E-state index contributed by atoms with van der Waals surface area (Å²) in [5, 5.41) is -0.191. The summed E-state index contributed by atoms with van der Waals surface area (Å²) in [5.74, 6) is -4.51. The zero-order chi connectivity index (χ0) is 18.4. The molecule has 0 saturated heterocycles. The number of carbonyl (C=O) groups excluding carboxylic acids is 2. The average molecular weight is 391 g/mol. The number of rotatable bonds is 6. The van der Waals surface area contributed by atoms with Crippen molar-refractivity contribution in [2.75, 3.05) is 13.2 Å². The van der Waals surface area contributed by atoms with Gasteiger partial charge in [-0.1, -0.05) is 35.3 Å². The molecule has 25 heavy (non-hydrogen) atoms. The Morgan fingerprint density at radius 2 is 1.20 bits per heavy atom. The minimum absolute atomic E-state index is 0.0954. The predicted molar refractivity (Wildman–Crippen MR) is 84.9 cm³/mol. The molecule has 0 fully saturated rings. The highest BCUT2D eigenvalue weighted by Gasteiger charge is 2.16. The first-order chi connectivity index (χ1) is 11.9. The van der Waals surface area contributed by atoms with E-state index >= 15 is 0 Å². The quantitative estimate of drug-likeness (QED) is 0.554. The summed E-state index contributed by atoms with van der Waals surface area (Å²) in [6, 6.07) is 7.48. The van der Waals surface area contributed by atoms with Crippen LogP contribution >= 0.6 is 23.2 Å². The SMILES string of the molecule is O=C(COCC(=O)Oc1c(F)cccc1Cl)Oc1c(F)cccc1Cl. The van der Waals surface area contributed by atoms with E-state index in [2.05, 4.69) is 0 Å². The van der Waals surface area contributed by atoms with E-state index in [0.29, 0.717) is 0 Å². The molecule has 0 aliphatic rings. The number of para-hydroxylation sites is 2. The summed E-state index contributed by atoms with van der Waals surface area (Å²) in [6.07, 6.45) is 0. The van der Waals surface area contributed by atoms with Gasteiger partial charge in [-0.3, -0.25) is 0 Å². The van der Waals surface area contributed by atoms with Gasteiger partial charge in [0.25, 0.3) is 0 Å². The standard InChI is InChI=1S/C16H10Cl2F2O5/c17-9-3-1-5-11(19)15(9)24-13(21)7-23-8-14(22)25-16-10(18)4-2-6-12(16)20/h1-6H,7-8H2. The summed E-state index contributed by atoms with van der Waals surface area (Å²) >= 11 is 11.4. The third kappa shape index (κ3) is 5.38. The second-order valence-electron chi connectivity index (χ2n) is 4.54. The highest BCUT2D eigenvalue weighted by atomic mass is 35.5. The van der Waals surface area contributed by atoms with Gasteiger partial charge in [0.2, 0.25) is 0 Å². The zero-order valence-electron chi connectivity index (χ0n) is 12.4. The third-order valence-corrected chi connectivity index (χ3v) is 3.30. The maximum absolute atomic E-state index is 13.5. The van der Waals surface area contributed by atoms with E-state index in [1.807, 2.05) is 0 Å². The maximum Gasteiger partial charge on any atom is 0.337 e. The summed E-state index contributed by atoms with van der Waals surface area (Å²) in [4.78, 5) is 23.1. The van der Waals surface area contributed by atoms with E-state index in [1.165, 1.54) is 24.3 Å². The summed E-state index contributed by atoms with van der Waals surface area (Å²) in [7, 11) is 0. The number of hydrogen-bond acceptors (Lipinski definition) is 5. The van der Waals surface area contributed by atoms with Crippen LogP contribution in [0.25, 0.3) is 0 Å². The second kappa shape index (κ2) is 8.75. The molecule has 0 unspecified atom stereocenters. The molecule has 5 nitrogen and oxygen atoms in total. The van der Waals surface area contributed by atoms with Crippen molar-refractivity contribution in [1.82, 2.24) is 0 Å². The largest absolute Gasteiger partial charge is 0.420 e. The Hall–Kier alpha value is -2.22. The van der Waals surface area contributed by atoms with Crippen molar-refractivity contribution < 1.29 is 32.6 Å². The van der Waals surface area contributed by atoms with Crippen molar-refractivity contribution in [1.29, 1.82) is 0 Å². The molecule has 0 atom stereocenters. The number of hydrogen-bond donors (Lipinski definition) is 0. The predicted octanol–water partition coefficient (Wildman–Crippen LogP) is 3.80. The molecule has 0 spiro atoms. The third-order valence-electron chi connectivity index (χ3n) is 2.71. The molecule has 0 aliphatic carbocycles. The Labute approximate surface area is 151 Å². The Morgan fingerprint density at radius 3 is 1.56 bits per heavy atom. The smallest absolute Gasteiger partial charge is 0.337 e. The van der Waals surface area contributed by atoms with Gasteiger partial charge in [0.15, 0.2) is 23.1 Å². The van der Waals surface area contributed by atoms with Crippen LogP contribution in [0.15, 0.2) is 36.4 Å². The molecule has 9 heteroatoms. The molecular weight excluding hydrogens is 381 g/mol. The Bertz CT molecular complexity index is 692. The fraction of sp³-hybridized carbons (Fsp3) is 0.125. The van der Waals surface area contributed by atoms with Gasteiger partial charge in [0.05, 0.1) is 10.0 Å². The Morgan fingerprint density at radius 1 is 0.800 bits per heavy atom. The lowest BCUT2D eigenvalue weighted by molar-refractivity contribution is -0.145. The summed E-state index contributed by atoms with van der Waals surface area (Å²) in [6.45, 7) is -1.35. The zero-order valence-corrected chi connectivity index (χ0v) is 13.9. The molecule has 0 aliphatic heterocycles. The monoisotopic (exact) mass is 390 g/mol. The molecule has 2 aromatic carbocycles. The summed E-state index contributed by atoms with van der Waals surface area (Å²) < 4.78 is 41.1. The molecule has 0 aromatic heterocycles. The van der Waals surface area contributed by atoms with E-state index in [0.717, 1.165) is 12.1 Å². The molecular formula is C16H10Cl2F2O5. The first kappa shape index (κ1) is 19.1. The van der Waals surface area contributed by atoms with Crippen molar-refractivity contribution in [2.45, 2.75) is 0 Å². The number of halogens is 4. The fourth-order valence-corrected chi connectivity index (χ4v) is 2.07. The lowest BCUT2D eigenvalue weighted by atomic mass is 10.3. The van der Waals surface area contributed by atoms with E-state index in [1.54, 1.807) is 0 Å². The first-order valence-electron chi connectivity index (χ1n) is 6.75. The van der Waals surface area contributed by atoms with E-state index in [4.69, 9.17) is 37.4 Å². The van der Waals surface area contributed by atoms with Crippen molar-refractivity contribution in [3.8, 4) is 11.5 Å². The van der Waals surface area contributed by atoms with Gasteiger partial charge in [0, 0.05) is 0 Å². The van der Waals surface area contributed by atoms with E-state index < -0.39 is 48.3 Å². The van der Waals surface area contributed by atoms with Gasteiger partial charge in [-0.05, 0) is 24.3 Å². The maximum atomic E-state index is 13.5. The van der Waals surface area contributed by atoms with Gasteiger partial charge >= 0.3 is 11.9 Å². The number of carbonyl (C=O) groups is 2. The number of benzene rings is 2. The van der Waals surface area contributed by atoms with Gasteiger partial charge in [-0.2, -0.15) is 0 Å². The molecule has 0 radical (unpaired) electrons. The van der Waals surface area contributed by atoms with Crippen LogP contribution in [0.4, 0.5) is 8.78 Å². The number of esters is 2. The lowest BCUT2D eigenvalue weighted by Crippen LogP contribution is -2.22.